The maximum absolute atomic E-state index is 12.8. The van der Waals surface area contributed by atoms with E-state index in [4.69, 9.17) is 14.2 Å². The van der Waals surface area contributed by atoms with Gasteiger partial charge in [-0.1, -0.05) is 217 Å². The summed E-state index contributed by atoms with van der Waals surface area (Å²) in [5, 5.41) is 0. The number of carbonyl (C=O) groups excluding carboxylic acids is 3. The molecule has 0 bridgehead atoms. The van der Waals surface area contributed by atoms with E-state index in [2.05, 4.69) is 106 Å². The number of rotatable bonds is 41. The van der Waals surface area contributed by atoms with Crippen LogP contribution in [0.5, 0.6) is 0 Å². The molecule has 1 atom stereocenters. The Morgan fingerprint density at radius 1 is 0.344 bits per heavy atom. The predicted molar refractivity (Wildman–Crippen MR) is 274 cm³/mol. The Morgan fingerprint density at radius 3 is 1.17 bits per heavy atom. The van der Waals surface area contributed by atoms with Gasteiger partial charge in [0.25, 0.3) is 0 Å². The monoisotopic (exact) mass is 879 g/mol. The van der Waals surface area contributed by atoms with Crippen LogP contribution in [0.4, 0.5) is 0 Å². The fraction of sp³-hybridized carbons (Fsp3) is 0.500. The van der Waals surface area contributed by atoms with Crippen LogP contribution < -0.4 is 0 Å². The lowest BCUT2D eigenvalue weighted by molar-refractivity contribution is -0.167. The summed E-state index contributed by atoms with van der Waals surface area (Å²) in [5.74, 6) is -1.05. The molecule has 0 saturated carbocycles. The molecule has 0 aromatic heterocycles. The number of carbonyl (C=O) groups is 3. The smallest absolute Gasteiger partial charge is 0.306 e. The fourth-order valence-corrected chi connectivity index (χ4v) is 5.88. The van der Waals surface area contributed by atoms with Crippen LogP contribution in [0.2, 0.25) is 0 Å². The van der Waals surface area contributed by atoms with Crippen molar-refractivity contribution in [3.63, 3.8) is 0 Å². The van der Waals surface area contributed by atoms with Crippen molar-refractivity contribution in [2.24, 2.45) is 0 Å². The van der Waals surface area contributed by atoms with Crippen LogP contribution >= 0.6 is 0 Å². The summed E-state index contributed by atoms with van der Waals surface area (Å²) in [5.41, 5.74) is 0. The largest absolute Gasteiger partial charge is 0.462 e. The molecule has 0 heterocycles. The highest BCUT2D eigenvalue weighted by Gasteiger charge is 2.19. The van der Waals surface area contributed by atoms with E-state index >= 15 is 0 Å². The molecule has 0 rings (SSSR count). The zero-order valence-corrected chi connectivity index (χ0v) is 40.2. The van der Waals surface area contributed by atoms with Crippen molar-refractivity contribution in [1.29, 1.82) is 0 Å². The summed E-state index contributed by atoms with van der Waals surface area (Å²) in [6.45, 7) is 6.20. The van der Waals surface area contributed by atoms with E-state index in [9.17, 15) is 14.4 Å². The molecule has 0 spiro atoms. The van der Waals surface area contributed by atoms with Crippen LogP contribution in [-0.4, -0.2) is 37.2 Å². The molecule has 6 nitrogen and oxygen atoms in total. The highest BCUT2D eigenvalue weighted by atomic mass is 16.6. The first-order valence-electron chi connectivity index (χ1n) is 24.6. The summed E-state index contributed by atoms with van der Waals surface area (Å²) < 4.78 is 16.6. The third kappa shape index (κ3) is 48.1. The van der Waals surface area contributed by atoms with Gasteiger partial charge in [0.05, 0.1) is 0 Å². The molecule has 0 aliphatic carbocycles. The molecular formula is C58H86O6. The third-order valence-corrected chi connectivity index (χ3v) is 9.54. The van der Waals surface area contributed by atoms with E-state index in [0.29, 0.717) is 19.3 Å². The molecule has 6 heteroatoms. The first-order valence-corrected chi connectivity index (χ1v) is 24.6. The first-order chi connectivity index (χ1) is 31.5. The van der Waals surface area contributed by atoms with Gasteiger partial charge in [-0.25, -0.2) is 0 Å². The Balaban J connectivity index is 4.56. The average Bonchev–Trinajstić information content (AvgIpc) is 3.29. The number of hydrogen-bond acceptors (Lipinski definition) is 6. The van der Waals surface area contributed by atoms with Crippen molar-refractivity contribution >= 4 is 17.9 Å². The molecule has 354 valence electrons. The van der Waals surface area contributed by atoms with Gasteiger partial charge < -0.3 is 14.2 Å². The second-order valence-corrected chi connectivity index (χ2v) is 15.5. The van der Waals surface area contributed by atoms with E-state index in [0.717, 1.165) is 96.3 Å². The molecule has 0 aliphatic rings. The molecule has 0 aliphatic heterocycles. The van der Waals surface area contributed by atoms with Crippen molar-refractivity contribution in [1.82, 2.24) is 0 Å². The topological polar surface area (TPSA) is 78.9 Å². The fourth-order valence-electron chi connectivity index (χ4n) is 5.88. The summed E-state index contributed by atoms with van der Waals surface area (Å²) in [6.07, 6.45) is 73.7. The lowest BCUT2D eigenvalue weighted by Gasteiger charge is -2.18. The number of hydrogen-bond donors (Lipinski definition) is 0. The van der Waals surface area contributed by atoms with Gasteiger partial charge in [-0.2, -0.15) is 0 Å². The number of esters is 3. The summed E-state index contributed by atoms with van der Waals surface area (Å²) >= 11 is 0. The molecule has 0 N–H and O–H groups in total. The maximum atomic E-state index is 12.8. The second kappa shape index (κ2) is 50.7. The maximum Gasteiger partial charge on any atom is 0.306 e. The summed E-state index contributed by atoms with van der Waals surface area (Å²) in [6, 6.07) is 0. The minimum absolute atomic E-state index is 0.128. The molecule has 1 unspecified atom stereocenters. The SMILES string of the molecule is CC\C=C/C=C\C=C/C=C\C=C\C=C/C=C\CCCCCC(=O)OCC(COC(=O)CCCC/C=C\C/C=C\CC)OC(=O)CCCCCCC\C=C/C=C\C=C/C=C\CCCCC. The molecule has 0 aromatic carbocycles. The van der Waals surface area contributed by atoms with Crippen LogP contribution in [0.1, 0.15) is 168 Å². The van der Waals surface area contributed by atoms with E-state index in [1.54, 1.807) is 0 Å². The van der Waals surface area contributed by atoms with Crippen LogP contribution in [0, 0.1) is 0 Å². The van der Waals surface area contributed by atoms with Crippen molar-refractivity contribution in [3.8, 4) is 0 Å². The standard InChI is InChI=1S/C58H86O6/c1-4-7-10-13-16-19-21-23-25-27-29-31-32-34-36-39-42-45-48-51-57(60)63-54-55(53-62-56(59)50-47-44-41-38-18-15-12-9-6-3)64-58(61)52-49-46-43-40-37-35-33-30-28-26-24-22-20-17-14-11-8-5-2/h7,9-10,12-13,16-34,36,38,55H,4-6,8,11,14-15,35,37,39-54H2,1-3H3/b10-7-,12-9-,16-13-,20-17-,21-19-,24-22-,25-23-,28-26-,29-27+,32-31-,33-30-,36-34-,38-18-. The Bertz CT molecular complexity index is 1520. The Labute approximate surface area is 390 Å². The number of unbranched alkanes of at least 4 members (excludes halogenated alkanes) is 13. The van der Waals surface area contributed by atoms with Gasteiger partial charge in [0, 0.05) is 19.3 Å². The molecule has 0 fully saturated rings. The molecule has 64 heavy (non-hydrogen) atoms. The highest BCUT2D eigenvalue weighted by Crippen LogP contribution is 2.11. The van der Waals surface area contributed by atoms with Crippen molar-refractivity contribution in [3.05, 3.63) is 158 Å². The van der Waals surface area contributed by atoms with Crippen LogP contribution in [0.15, 0.2) is 158 Å². The molecular weight excluding hydrogens is 793 g/mol. The van der Waals surface area contributed by atoms with Crippen molar-refractivity contribution in [2.75, 3.05) is 13.2 Å². The Kier molecular flexibility index (Phi) is 46.7. The van der Waals surface area contributed by atoms with Gasteiger partial charge >= 0.3 is 17.9 Å². The van der Waals surface area contributed by atoms with Gasteiger partial charge in [0.15, 0.2) is 6.10 Å². The van der Waals surface area contributed by atoms with Gasteiger partial charge in [-0.15, -0.1) is 0 Å². The van der Waals surface area contributed by atoms with E-state index < -0.39 is 6.10 Å². The van der Waals surface area contributed by atoms with Gasteiger partial charge in [0.2, 0.25) is 0 Å². The summed E-state index contributed by atoms with van der Waals surface area (Å²) in [4.78, 5) is 37.8. The molecule has 0 saturated heterocycles. The number of ether oxygens (including phenoxy) is 3. The van der Waals surface area contributed by atoms with Gasteiger partial charge in [-0.3, -0.25) is 14.4 Å². The first kappa shape index (κ1) is 59.0. The van der Waals surface area contributed by atoms with E-state index in [1.165, 1.54) is 19.3 Å². The van der Waals surface area contributed by atoms with Crippen LogP contribution in [-0.2, 0) is 28.6 Å². The van der Waals surface area contributed by atoms with E-state index in [-0.39, 0.29) is 44.0 Å². The summed E-state index contributed by atoms with van der Waals surface area (Å²) in [7, 11) is 0. The van der Waals surface area contributed by atoms with Gasteiger partial charge in [0.1, 0.15) is 13.2 Å². The van der Waals surface area contributed by atoms with Crippen LogP contribution in [0.3, 0.4) is 0 Å². The lowest BCUT2D eigenvalue weighted by Crippen LogP contribution is -2.30. The van der Waals surface area contributed by atoms with Gasteiger partial charge in [-0.05, 0) is 89.9 Å². The second-order valence-electron chi connectivity index (χ2n) is 15.5. The predicted octanol–water partition coefficient (Wildman–Crippen LogP) is 16.2. The lowest BCUT2D eigenvalue weighted by atomic mass is 10.1. The zero-order chi connectivity index (χ0) is 46.5. The Morgan fingerprint density at radius 2 is 0.688 bits per heavy atom. The molecule has 0 radical (unpaired) electrons. The normalized spacial score (nSPS) is 13.5. The number of allylic oxidation sites excluding steroid dienone is 26. The zero-order valence-electron chi connectivity index (χ0n) is 40.2. The minimum atomic E-state index is -0.829. The van der Waals surface area contributed by atoms with Crippen LogP contribution in [0.25, 0.3) is 0 Å². The quantitative estimate of drug-likeness (QED) is 0.0200. The average molecular weight is 879 g/mol. The third-order valence-electron chi connectivity index (χ3n) is 9.54. The van der Waals surface area contributed by atoms with Crippen molar-refractivity contribution in [2.45, 2.75) is 175 Å². The van der Waals surface area contributed by atoms with E-state index in [1.807, 2.05) is 72.9 Å². The molecule has 0 amide bonds. The minimum Gasteiger partial charge on any atom is -0.462 e. The van der Waals surface area contributed by atoms with Crippen molar-refractivity contribution < 1.29 is 28.6 Å². The Hall–Kier alpha value is -4.97. The molecule has 0 aromatic rings. The highest BCUT2D eigenvalue weighted by molar-refractivity contribution is 5.71.